The van der Waals surface area contributed by atoms with E-state index in [2.05, 4.69) is 4.98 Å². The van der Waals surface area contributed by atoms with Crippen LogP contribution in [0.2, 0.25) is 5.02 Å². The summed E-state index contributed by atoms with van der Waals surface area (Å²) in [6.45, 7) is 3.30. The maximum Gasteiger partial charge on any atom is 0.425 e. The first kappa shape index (κ1) is 40.3. The molecule has 1 fully saturated rings. The zero-order valence-corrected chi connectivity index (χ0v) is 31.0. The number of pyridine rings is 1. The number of halogens is 7. The standard InChI is InChI=1S/C36H39ClF6N4O5S/c1-5-8-28-34(52-24-18-29(53-20-24)36(41,42)43,13-7-15-47(28)32(49)30-26(35(38,39)40)9-6-14-44-30)33(50)46-16-12-22-10-11-23(37)17-25(22)27(46)19-45(3)31(48)21(2)51-4/h6,9-11,14,17-18,20-21,27-28H,5,7-8,12-13,15-16,19H2,1-4H3/t21-,27+,28-,34+/m1/s1. The number of ether oxygens (including phenoxy) is 2. The maximum absolute atomic E-state index is 15.4. The summed E-state index contributed by atoms with van der Waals surface area (Å²) >= 11 is 6.80. The highest BCUT2D eigenvalue weighted by Crippen LogP contribution is 2.44. The van der Waals surface area contributed by atoms with E-state index >= 15 is 4.79 Å². The summed E-state index contributed by atoms with van der Waals surface area (Å²) in [5.41, 5.74) is -2.71. The normalized spacial score (nSPS) is 21.2. The van der Waals surface area contributed by atoms with Crippen LogP contribution in [0, 0.1) is 0 Å². The van der Waals surface area contributed by atoms with Crippen molar-refractivity contribution in [1.29, 1.82) is 0 Å². The highest BCUT2D eigenvalue weighted by Gasteiger charge is 2.57. The third kappa shape index (κ3) is 8.29. The highest BCUT2D eigenvalue weighted by molar-refractivity contribution is 7.10. The number of hydrogen-bond donors (Lipinski definition) is 0. The molecule has 1 aromatic carbocycles. The molecular formula is C36H39ClF6N4O5S. The molecule has 0 spiro atoms. The summed E-state index contributed by atoms with van der Waals surface area (Å²) in [4.78, 5) is 49.6. The smallest absolute Gasteiger partial charge is 0.425 e. The Labute approximate surface area is 311 Å². The van der Waals surface area contributed by atoms with E-state index in [0.717, 1.165) is 40.2 Å². The molecule has 4 heterocycles. The van der Waals surface area contributed by atoms with Gasteiger partial charge in [0.25, 0.3) is 17.7 Å². The Morgan fingerprint density at radius 3 is 2.47 bits per heavy atom. The number of piperidine rings is 1. The zero-order chi connectivity index (χ0) is 38.9. The van der Waals surface area contributed by atoms with E-state index in [0.29, 0.717) is 34.8 Å². The lowest BCUT2D eigenvalue weighted by atomic mass is 9.78. The molecule has 0 unspecified atom stereocenters. The average Bonchev–Trinajstić information content (AvgIpc) is 3.60. The minimum absolute atomic E-state index is 0.0393. The quantitative estimate of drug-likeness (QED) is 0.196. The molecule has 17 heteroatoms. The van der Waals surface area contributed by atoms with Gasteiger partial charge in [0.2, 0.25) is 5.60 Å². The number of amides is 3. The zero-order valence-electron chi connectivity index (χ0n) is 29.4. The van der Waals surface area contributed by atoms with Crippen LogP contribution in [0.4, 0.5) is 26.3 Å². The van der Waals surface area contributed by atoms with E-state index in [-0.39, 0.29) is 50.6 Å². The number of likely N-dealkylation sites (tertiary alicyclic amines) is 1. The lowest BCUT2D eigenvalue weighted by Gasteiger charge is -2.51. The molecule has 3 aromatic rings. The second-order valence-corrected chi connectivity index (χ2v) is 14.5. The molecule has 53 heavy (non-hydrogen) atoms. The van der Waals surface area contributed by atoms with E-state index in [9.17, 15) is 35.9 Å². The summed E-state index contributed by atoms with van der Waals surface area (Å²) in [7, 11) is 2.92. The molecule has 0 bridgehead atoms. The predicted molar refractivity (Wildman–Crippen MR) is 185 cm³/mol. The fourth-order valence-corrected chi connectivity index (χ4v) is 8.05. The second-order valence-electron chi connectivity index (χ2n) is 13.1. The van der Waals surface area contributed by atoms with Crippen LogP contribution in [0.25, 0.3) is 0 Å². The van der Waals surface area contributed by atoms with Gasteiger partial charge in [-0.15, -0.1) is 11.3 Å². The third-order valence-corrected chi connectivity index (χ3v) is 11.0. The van der Waals surface area contributed by atoms with Gasteiger partial charge < -0.3 is 24.2 Å². The molecule has 0 N–H and O–H groups in total. The first-order valence-corrected chi connectivity index (χ1v) is 18.2. The molecule has 9 nitrogen and oxygen atoms in total. The number of thiophene rings is 1. The summed E-state index contributed by atoms with van der Waals surface area (Å²) in [5, 5.41) is 1.48. The summed E-state index contributed by atoms with van der Waals surface area (Å²) < 4.78 is 95.4. The van der Waals surface area contributed by atoms with Crippen molar-refractivity contribution >= 4 is 40.7 Å². The van der Waals surface area contributed by atoms with Crippen LogP contribution in [0.5, 0.6) is 5.75 Å². The van der Waals surface area contributed by atoms with Gasteiger partial charge in [0, 0.05) is 62.9 Å². The molecule has 5 rings (SSSR count). The fourth-order valence-electron chi connectivity index (χ4n) is 7.19. The van der Waals surface area contributed by atoms with Gasteiger partial charge in [-0.1, -0.05) is 31.0 Å². The Balaban J connectivity index is 1.66. The summed E-state index contributed by atoms with van der Waals surface area (Å²) in [6, 6.07) is 5.69. The number of aromatic nitrogens is 1. The Kier molecular flexibility index (Phi) is 12.0. The van der Waals surface area contributed by atoms with Gasteiger partial charge in [-0.2, -0.15) is 26.3 Å². The lowest BCUT2D eigenvalue weighted by Crippen LogP contribution is -2.69. The number of carbonyl (C=O) groups excluding carboxylic acids is 3. The fraction of sp³-hybridized carbons (Fsp3) is 0.500. The summed E-state index contributed by atoms with van der Waals surface area (Å²) in [5.74, 6) is -2.45. The minimum atomic E-state index is -4.93. The van der Waals surface area contributed by atoms with E-state index in [4.69, 9.17) is 21.1 Å². The van der Waals surface area contributed by atoms with Crippen LogP contribution >= 0.6 is 22.9 Å². The molecule has 2 aromatic heterocycles. The first-order valence-electron chi connectivity index (χ1n) is 17.0. The highest BCUT2D eigenvalue weighted by atomic mass is 35.5. The number of rotatable bonds is 10. The van der Waals surface area contributed by atoms with Gasteiger partial charge >= 0.3 is 12.4 Å². The Bertz CT molecular complexity index is 1820. The van der Waals surface area contributed by atoms with Gasteiger partial charge in [0.05, 0.1) is 17.6 Å². The van der Waals surface area contributed by atoms with Crippen molar-refractivity contribution in [3.05, 3.63) is 80.3 Å². The van der Waals surface area contributed by atoms with Crippen molar-refractivity contribution in [2.45, 2.75) is 82.1 Å². The maximum atomic E-state index is 15.4. The van der Waals surface area contributed by atoms with Gasteiger partial charge in [-0.05, 0) is 61.6 Å². The van der Waals surface area contributed by atoms with E-state index < -0.39 is 64.1 Å². The third-order valence-electron chi connectivity index (χ3n) is 9.77. The number of carbonyl (C=O) groups is 3. The van der Waals surface area contributed by atoms with Crippen molar-refractivity contribution in [2.75, 3.05) is 33.8 Å². The van der Waals surface area contributed by atoms with Crippen molar-refractivity contribution in [1.82, 2.24) is 19.7 Å². The van der Waals surface area contributed by atoms with Crippen LogP contribution < -0.4 is 4.74 Å². The number of alkyl halides is 6. The van der Waals surface area contributed by atoms with Crippen molar-refractivity contribution < 1.29 is 50.2 Å². The van der Waals surface area contributed by atoms with E-state index in [1.807, 2.05) is 6.07 Å². The molecule has 4 atom stereocenters. The van der Waals surface area contributed by atoms with Crippen LogP contribution in [-0.4, -0.2) is 88.9 Å². The topological polar surface area (TPSA) is 92.3 Å². The van der Waals surface area contributed by atoms with Gasteiger partial charge in [-0.25, -0.2) is 0 Å². The molecule has 0 saturated carbocycles. The number of methoxy groups -OCH3 is 1. The largest absolute Gasteiger partial charge is 0.474 e. The lowest BCUT2D eigenvalue weighted by molar-refractivity contribution is -0.163. The van der Waals surface area contributed by atoms with Gasteiger partial charge in [-0.3, -0.25) is 19.4 Å². The molecule has 2 aliphatic heterocycles. The Morgan fingerprint density at radius 2 is 1.83 bits per heavy atom. The summed E-state index contributed by atoms with van der Waals surface area (Å²) in [6.07, 6.45) is -8.70. The number of likely N-dealkylation sites (N-methyl/N-ethyl adjacent to an activating group) is 1. The Hall–Kier alpha value is -3.89. The molecule has 2 aliphatic rings. The minimum Gasteiger partial charge on any atom is -0.474 e. The molecule has 0 aliphatic carbocycles. The number of benzene rings is 1. The van der Waals surface area contributed by atoms with Crippen molar-refractivity contribution in [3.8, 4) is 5.75 Å². The molecule has 288 valence electrons. The SMILES string of the molecule is CCC[C@H]1N(C(=O)c2ncccc2C(F)(F)F)CCC[C@@]1(Oc1csc(C(F)(F)F)c1)C(=O)N1CCc2ccc(Cl)cc2[C@@H]1CN(C)C(=O)[C@@H](C)OC. The first-order chi connectivity index (χ1) is 24.9. The van der Waals surface area contributed by atoms with Crippen LogP contribution in [0.15, 0.2) is 48.0 Å². The monoisotopic (exact) mass is 788 g/mol. The molecule has 1 saturated heterocycles. The van der Waals surface area contributed by atoms with Gasteiger partial charge in [0.15, 0.2) is 0 Å². The molecular weight excluding hydrogens is 750 g/mol. The van der Waals surface area contributed by atoms with E-state index in [1.165, 1.54) is 16.9 Å². The van der Waals surface area contributed by atoms with Crippen molar-refractivity contribution in [3.63, 3.8) is 0 Å². The van der Waals surface area contributed by atoms with Gasteiger partial charge in [0.1, 0.15) is 22.4 Å². The second kappa shape index (κ2) is 15.8. The van der Waals surface area contributed by atoms with Crippen LogP contribution in [0.1, 0.15) is 77.6 Å². The number of nitrogens with zero attached hydrogens (tertiary/aromatic N) is 4. The van der Waals surface area contributed by atoms with Crippen LogP contribution in [0.3, 0.4) is 0 Å². The number of fused-ring (bicyclic) bond motifs is 1. The molecule has 0 radical (unpaired) electrons. The Morgan fingerprint density at radius 1 is 1.09 bits per heavy atom. The molecule has 3 amide bonds. The number of hydrogen-bond acceptors (Lipinski definition) is 7. The van der Waals surface area contributed by atoms with Crippen LogP contribution in [-0.2, 0) is 33.1 Å². The van der Waals surface area contributed by atoms with E-state index in [1.54, 1.807) is 33.0 Å². The predicted octanol–water partition coefficient (Wildman–Crippen LogP) is 7.68. The van der Waals surface area contributed by atoms with Crippen molar-refractivity contribution in [2.24, 2.45) is 0 Å². The average molecular weight is 789 g/mol.